The number of hydrogen-bond donors (Lipinski definition) is 1. The van der Waals surface area contributed by atoms with Crippen LogP contribution in [0.2, 0.25) is 5.02 Å². The van der Waals surface area contributed by atoms with Gasteiger partial charge in [-0.25, -0.2) is 4.39 Å². The molecule has 2 saturated carbocycles. The molecule has 4 rings (SSSR count). The molecule has 1 N–H and O–H groups in total. The Bertz CT molecular complexity index is 1040. The number of nitrogens with zero attached hydrogens (tertiary/aromatic N) is 2. The first kappa shape index (κ1) is 21.7. The lowest BCUT2D eigenvalue weighted by Gasteiger charge is -2.20. The van der Waals surface area contributed by atoms with Crippen molar-refractivity contribution in [3.8, 4) is 11.8 Å². The third-order valence-electron chi connectivity index (χ3n) is 5.83. The van der Waals surface area contributed by atoms with E-state index in [4.69, 9.17) is 16.3 Å². The fourth-order valence-electron chi connectivity index (χ4n) is 3.93. The fraction of sp³-hybridized carbons (Fsp3) is 0.409. The van der Waals surface area contributed by atoms with Gasteiger partial charge in [0.15, 0.2) is 0 Å². The third kappa shape index (κ3) is 4.89. The Morgan fingerprint density at radius 1 is 1.39 bits per heavy atom. The smallest absolute Gasteiger partial charge is 0.224 e. The number of ether oxygens (including phenoxy) is 1. The molecule has 4 atom stereocenters. The van der Waals surface area contributed by atoms with Crippen LogP contribution in [0.15, 0.2) is 47.6 Å². The molecule has 2 aromatic rings. The number of rotatable bonds is 7. The second kappa shape index (κ2) is 8.93. The highest BCUT2D eigenvalue weighted by molar-refractivity contribution is 7.85. The van der Waals surface area contributed by atoms with Crippen LogP contribution in [0, 0.1) is 29.0 Å². The van der Waals surface area contributed by atoms with Gasteiger partial charge in [-0.1, -0.05) is 11.6 Å². The van der Waals surface area contributed by atoms with Crippen molar-refractivity contribution in [1.29, 1.82) is 5.26 Å². The number of nitriles is 1. The Morgan fingerprint density at radius 3 is 2.84 bits per heavy atom. The maximum absolute atomic E-state index is 13.4. The summed E-state index contributed by atoms with van der Waals surface area (Å²) in [6, 6.07) is 9.50. The lowest BCUT2D eigenvalue weighted by Crippen LogP contribution is -2.41. The summed E-state index contributed by atoms with van der Waals surface area (Å²) in [4.78, 5) is 17.4. The van der Waals surface area contributed by atoms with Crippen LogP contribution in [-0.4, -0.2) is 32.5 Å². The van der Waals surface area contributed by atoms with E-state index in [9.17, 15) is 18.7 Å². The number of carbonyl (C=O) groups excluding carboxylic acids is 1. The molecule has 1 heterocycles. The summed E-state index contributed by atoms with van der Waals surface area (Å²) in [5, 5.41) is 12.0. The standard InChI is InChI=1S/C22H21ClFN3O3S/c23-19-9-15(24)3-4-20(19)31(29)17-8-14(12-30-16-2-1-7-26-11-16)18(10-17)21(28)27-22(13-25)5-6-22/h1-4,7,9,11,14,17-18H,5-6,8,10,12H2,(H,27,28)/t14?,17?,18-,31?/m1/s1. The number of halogens is 2. The third-order valence-corrected chi connectivity index (χ3v) is 8.03. The molecule has 0 aliphatic heterocycles. The summed E-state index contributed by atoms with van der Waals surface area (Å²) in [7, 11) is -1.51. The molecule has 2 aliphatic rings. The van der Waals surface area contributed by atoms with Gasteiger partial charge in [0, 0.05) is 23.3 Å². The molecule has 9 heteroatoms. The highest BCUT2D eigenvalue weighted by Crippen LogP contribution is 2.41. The van der Waals surface area contributed by atoms with Crippen LogP contribution < -0.4 is 10.1 Å². The van der Waals surface area contributed by atoms with Gasteiger partial charge in [0.25, 0.3) is 0 Å². The van der Waals surface area contributed by atoms with Crippen LogP contribution in [0.25, 0.3) is 0 Å². The first-order valence-electron chi connectivity index (χ1n) is 10.0. The van der Waals surface area contributed by atoms with E-state index in [1.807, 2.05) is 0 Å². The molecule has 31 heavy (non-hydrogen) atoms. The van der Waals surface area contributed by atoms with Gasteiger partial charge in [-0.2, -0.15) is 5.26 Å². The van der Waals surface area contributed by atoms with E-state index in [2.05, 4.69) is 16.4 Å². The highest BCUT2D eigenvalue weighted by Gasteiger charge is 2.49. The van der Waals surface area contributed by atoms with E-state index in [0.717, 1.165) is 6.07 Å². The number of amides is 1. The molecule has 2 aliphatic carbocycles. The molecule has 1 aromatic carbocycles. The van der Waals surface area contributed by atoms with Crippen molar-refractivity contribution in [3.63, 3.8) is 0 Å². The number of aromatic nitrogens is 1. The molecule has 1 aromatic heterocycles. The number of benzene rings is 1. The predicted molar refractivity (Wildman–Crippen MR) is 113 cm³/mol. The first-order chi connectivity index (χ1) is 14.9. The molecule has 0 bridgehead atoms. The predicted octanol–water partition coefficient (Wildman–Crippen LogP) is 3.63. The molecule has 6 nitrogen and oxygen atoms in total. The second-order valence-corrected chi connectivity index (χ2v) is 10.1. The Balaban J connectivity index is 1.51. The summed E-state index contributed by atoms with van der Waals surface area (Å²) in [5.74, 6) is -0.769. The summed E-state index contributed by atoms with van der Waals surface area (Å²) in [6.07, 6.45) is 5.36. The first-order valence-corrected chi connectivity index (χ1v) is 11.6. The zero-order valence-corrected chi connectivity index (χ0v) is 18.2. The van der Waals surface area contributed by atoms with Crippen LogP contribution >= 0.6 is 11.6 Å². The molecule has 0 saturated heterocycles. The summed E-state index contributed by atoms with van der Waals surface area (Å²) < 4.78 is 32.4. The zero-order chi connectivity index (χ0) is 22.0. The van der Waals surface area contributed by atoms with Crippen molar-refractivity contribution >= 4 is 28.3 Å². The molecule has 162 valence electrons. The van der Waals surface area contributed by atoms with E-state index in [-0.39, 0.29) is 28.7 Å². The molecule has 3 unspecified atom stereocenters. The largest absolute Gasteiger partial charge is 0.492 e. The average Bonchev–Trinajstić information content (AvgIpc) is 3.40. The van der Waals surface area contributed by atoms with Gasteiger partial charge in [0.2, 0.25) is 5.91 Å². The van der Waals surface area contributed by atoms with E-state index >= 15 is 0 Å². The van der Waals surface area contributed by atoms with Crippen LogP contribution in [0.1, 0.15) is 25.7 Å². The van der Waals surface area contributed by atoms with Gasteiger partial charge in [0.1, 0.15) is 17.1 Å². The van der Waals surface area contributed by atoms with Gasteiger partial charge >= 0.3 is 0 Å². The fourth-order valence-corrected chi connectivity index (χ4v) is 5.94. The van der Waals surface area contributed by atoms with Gasteiger partial charge in [0.05, 0.1) is 39.6 Å². The quantitative estimate of drug-likeness (QED) is 0.679. The Labute approximate surface area is 187 Å². The van der Waals surface area contributed by atoms with Crippen molar-refractivity contribution in [2.75, 3.05) is 6.61 Å². The topological polar surface area (TPSA) is 92.1 Å². The van der Waals surface area contributed by atoms with E-state index in [0.29, 0.717) is 36.3 Å². The number of carbonyl (C=O) groups is 1. The molecule has 0 spiro atoms. The Kier molecular flexibility index (Phi) is 6.26. The number of pyridine rings is 1. The maximum atomic E-state index is 13.4. The van der Waals surface area contributed by atoms with Crippen LogP contribution in [-0.2, 0) is 15.6 Å². The highest BCUT2D eigenvalue weighted by atomic mass is 35.5. The number of hydrogen-bond acceptors (Lipinski definition) is 5. The molecule has 2 fully saturated rings. The van der Waals surface area contributed by atoms with Gasteiger partial charge < -0.3 is 10.1 Å². The molecule has 0 radical (unpaired) electrons. The van der Waals surface area contributed by atoms with Crippen molar-refractivity contribution in [3.05, 3.63) is 53.6 Å². The van der Waals surface area contributed by atoms with E-state index in [1.165, 1.54) is 12.1 Å². The summed E-state index contributed by atoms with van der Waals surface area (Å²) in [6.45, 7) is 0.258. The van der Waals surface area contributed by atoms with E-state index < -0.39 is 28.1 Å². The van der Waals surface area contributed by atoms with Crippen molar-refractivity contribution in [1.82, 2.24) is 10.3 Å². The average molecular weight is 462 g/mol. The monoisotopic (exact) mass is 461 g/mol. The minimum absolute atomic E-state index is 0.107. The maximum Gasteiger partial charge on any atom is 0.224 e. The van der Waals surface area contributed by atoms with Crippen LogP contribution in [0.5, 0.6) is 5.75 Å². The number of nitrogens with one attached hydrogen (secondary N) is 1. The van der Waals surface area contributed by atoms with Crippen LogP contribution in [0.3, 0.4) is 0 Å². The van der Waals surface area contributed by atoms with Crippen molar-refractivity contribution < 1.29 is 18.1 Å². The molecular weight excluding hydrogens is 441 g/mol. The normalized spacial score (nSPS) is 24.7. The van der Waals surface area contributed by atoms with Crippen LogP contribution in [0.4, 0.5) is 4.39 Å². The minimum Gasteiger partial charge on any atom is -0.492 e. The lowest BCUT2D eigenvalue weighted by molar-refractivity contribution is -0.127. The van der Waals surface area contributed by atoms with Crippen molar-refractivity contribution in [2.24, 2.45) is 11.8 Å². The van der Waals surface area contributed by atoms with Gasteiger partial charge in [-0.3, -0.25) is 14.0 Å². The Hall–Kier alpha value is -2.50. The van der Waals surface area contributed by atoms with Gasteiger partial charge in [-0.05, 0) is 56.0 Å². The lowest BCUT2D eigenvalue weighted by atomic mass is 9.95. The minimum atomic E-state index is -1.51. The Morgan fingerprint density at radius 2 is 2.19 bits per heavy atom. The zero-order valence-electron chi connectivity index (χ0n) is 16.6. The molecule has 1 amide bonds. The van der Waals surface area contributed by atoms with Crippen molar-refractivity contribution in [2.45, 2.75) is 41.4 Å². The summed E-state index contributed by atoms with van der Waals surface area (Å²) in [5.41, 5.74) is -0.774. The SMILES string of the molecule is N#CC1(NC(=O)[C@@H]2CC(S(=O)c3ccc(F)cc3Cl)CC2COc2cccnc2)CC1. The van der Waals surface area contributed by atoms with Gasteiger partial charge in [-0.15, -0.1) is 0 Å². The summed E-state index contributed by atoms with van der Waals surface area (Å²) >= 11 is 6.11. The second-order valence-electron chi connectivity index (χ2n) is 8.02. The van der Waals surface area contributed by atoms with E-state index in [1.54, 1.807) is 24.5 Å². The molecular formula is C22H21ClFN3O3S.